The fraction of sp³-hybridized carbons (Fsp3) is 0.133. The Hall–Kier alpha value is -2.20. The number of hydrogen-bond donors (Lipinski definition) is 1. The van der Waals surface area contributed by atoms with Gasteiger partial charge in [0.05, 0.1) is 5.88 Å². The van der Waals surface area contributed by atoms with E-state index >= 15 is 0 Å². The zero-order chi connectivity index (χ0) is 13.8. The molecule has 0 saturated heterocycles. The van der Waals surface area contributed by atoms with Crippen molar-refractivity contribution in [2.24, 2.45) is 0 Å². The van der Waals surface area contributed by atoms with Crippen molar-refractivity contribution in [3.63, 3.8) is 0 Å². The maximum Gasteiger partial charge on any atom is 0.300 e. The Labute approximate surface area is 121 Å². The molecular weight excluding hydrogens is 276 g/mol. The first-order valence-corrected chi connectivity index (χ1v) is 6.80. The number of aromatic nitrogens is 1. The summed E-state index contributed by atoms with van der Waals surface area (Å²) in [6.45, 7) is 0.499. The lowest BCUT2D eigenvalue weighted by Crippen LogP contribution is -1.98. The highest BCUT2D eigenvalue weighted by Gasteiger charge is 2.05. The Morgan fingerprint density at radius 2 is 1.90 bits per heavy atom. The number of nitrogens with zero attached hydrogens (tertiary/aromatic N) is 1. The van der Waals surface area contributed by atoms with Gasteiger partial charge >= 0.3 is 0 Å². The van der Waals surface area contributed by atoms with Crippen molar-refractivity contribution in [2.45, 2.75) is 0 Å². The van der Waals surface area contributed by atoms with Gasteiger partial charge in [0.1, 0.15) is 17.9 Å². The van der Waals surface area contributed by atoms with Crippen LogP contribution in [-0.2, 0) is 0 Å². The number of oxazole rings is 1. The molecule has 102 valence electrons. The molecule has 1 aromatic heterocycles. The number of benzene rings is 2. The summed E-state index contributed by atoms with van der Waals surface area (Å²) < 4.78 is 11.0. The van der Waals surface area contributed by atoms with Gasteiger partial charge in [-0.15, -0.1) is 11.6 Å². The smallest absolute Gasteiger partial charge is 0.300 e. The predicted molar refractivity (Wildman–Crippen MR) is 79.9 cm³/mol. The second-order valence-electron chi connectivity index (χ2n) is 4.17. The van der Waals surface area contributed by atoms with Crippen LogP contribution < -0.4 is 10.1 Å². The van der Waals surface area contributed by atoms with E-state index in [0.29, 0.717) is 18.5 Å². The Morgan fingerprint density at radius 1 is 1.10 bits per heavy atom. The molecule has 20 heavy (non-hydrogen) atoms. The molecule has 1 N–H and O–H groups in total. The maximum atomic E-state index is 5.60. The number of alkyl halides is 1. The van der Waals surface area contributed by atoms with E-state index in [1.165, 1.54) is 0 Å². The van der Waals surface area contributed by atoms with E-state index in [1.807, 2.05) is 48.5 Å². The normalized spacial score (nSPS) is 10.7. The average Bonchev–Trinajstić information content (AvgIpc) is 2.89. The van der Waals surface area contributed by atoms with E-state index in [4.69, 9.17) is 20.8 Å². The summed E-state index contributed by atoms with van der Waals surface area (Å²) in [4.78, 5) is 4.35. The van der Waals surface area contributed by atoms with Gasteiger partial charge in [-0.1, -0.05) is 12.1 Å². The molecule has 5 heteroatoms. The number of nitrogens with one attached hydrogen (secondary N) is 1. The average molecular weight is 289 g/mol. The van der Waals surface area contributed by atoms with Gasteiger partial charge in [0, 0.05) is 5.69 Å². The third-order valence-electron chi connectivity index (χ3n) is 2.75. The third-order valence-corrected chi connectivity index (χ3v) is 2.90. The minimum absolute atomic E-state index is 0.473. The molecular formula is C15H13ClN2O2. The highest BCUT2D eigenvalue weighted by atomic mass is 35.5. The molecule has 0 aliphatic carbocycles. The lowest BCUT2D eigenvalue weighted by atomic mass is 10.3. The standard InChI is InChI=1S/C15H13ClN2O2/c16-9-10-19-12-7-5-11(6-8-12)17-15-18-13-3-1-2-4-14(13)20-15/h1-8H,9-10H2,(H,17,18). The second kappa shape index (κ2) is 5.84. The summed E-state index contributed by atoms with van der Waals surface area (Å²) in [6.07, 6.45) is 0. The fourth-order valence-electron chi connectivity index (χ4n) is 1.84. The van der Waals surface area contributed by atoms with Gasteiger partial charge in [-0.05, 0) is 36.4 Å². The van der Waals surface area contributed by atoms with E-state index < -0.39 is 0 Å². The third kappa shape index (κ3) is 2.86. The Balaban J connectivity index is 1.73. The number of fused-ring (bicyclic) bond motifs is 1. The summed E-state index contributed by atoms with van der Waals surface area (Å²) in [5.74, 6) is 1.26. The van der Waals surface area contributed by atoms with E-state index in [1.54, 1.807) is 0 Å². The molecule has 0 atom stereocenters. The highest BCUT2D eigenvalue weighted by Crippen LogP contribution is 2.23. The maximum absolute atomic E-state index is 5.60. The van der Waals surface area contributed by atoms with Crippen LogP contribution in [0.4, 0.5) is 11.7 Å². The molecule has 0 aliphatic heterocycles. The SMILES string of the molecule is ClCCOc1ccc(Nc2nc3ccccc3o2)cc1. The summed E-state index contributed by atoms with van der Waals surface area (Å²) in [7, 11) is 0. The minimum Gasteiger partial charge on any atom is -0.492 e. The lowest BCUT2D eigenvalue weighted by molar-refractivity contribution is 0.343. The van der Waals surface area contributed by atoms with Crippen molar-refractivity contribution >= 4 is 34.4 Å². The molecule has 0 unspecified atom stereocenters. The molecule has 3 aromatic rings. The van der Waals surface area contributed by atoms with Gasteiger partial charge in [0.2, 0.25) is 0 Å². The first kappa shape index (κ1) is 12.8. The van der Waals surface area contributed by atoms with Gasteiger partial charge in [0.25, 0.3) is 6.01 Å². The highest BCUT2D eigenvalue weighted by molar-refractivity contribution is 6.18. The summed E-state index contributed by atoms with van der Waals surface area (Å²) in [5, 5.41) is 3.12. The largest absolute Gasteiger partial charge is 0.492 e. The van der Waals surface area contributed by atoms with Gasteiger partial charge in [0.15, 0.2) is 5.58 Å². The Morgan fingerprint density at radius 3 is 2.65 bits per heavy atom. The molecule has 1 heterocycles. The summed E-state index contributed by atoms with van der Waals surface area (Å²) >= 11 is 5.57. The van der Waals surface area contributed by atoms with Crippen LogP contribution in [0.25, 0.3) is 11.1 Å². The van der Waals surface area contributed by atoms with Crippen molar-refractivity contribution in [1.82, 2.24) is 4.98 Å². The van der Waals surface area contributed by atoms with Crippen LogP contribution in [0.2, 0.25) is 0 Å². The van der Waals surface area contributed by atoms with Crippen LogP contribution >= 0.6 is 11.6 Å². The fourth-order valence-corrected chi connectivity index (χ4v) is 1.92. The molecule has 3 rings (SSSR count). The van der Waals surface area contributed by atoms with Gasteiger partial charge in [-0.3, -0.25) is 0 Å². The lowest BCUT2D eigenvalue weighted by Gasteiger charge is -2.05. The van der Waals surface area contributed by atoms with Crippen LogP contribution in [0, 0.1) is 0 Å². The zero-order valence-electron chi connectivity index (χ0n) is 10.7. The van der Waals surface area contributed by atoms with Crippen molar-refractivity contribution in [3.8, 4) is 5.75 Å². The predicted octanol–water partition coefficient (Wildman–Crippen LogP) is 4.19. The summed E-state index contributed by atoms with van der Waals surface area (Å²) in [6, 6.07) is 15.7. The van der Waals surface area contributed by atoms with Crippen molar-refractivity contribution in [2.75, 3.05) is 17.8 Å². The van der Waals surface area contributed by atoms with Crippen LogP contribution in [-0.4, -0.2) is 17.5 Å². The molecule has 0 fully saturated rings. The number of para-hydroxylation sites is 2. The van der Waals surface area contributed by atoms with Gasteiger partial charge in [-0.25, -0.2) is 0 Å². The van der Waals surface area contributed by atoms with E-state index in [0.717, 1.165) is 22.5 Å². The van der Waals surface area contributed by atoms with Crippen molar-refractivity contribution in [1.29, 1.82) is 0 Å². The van der Waals surface area contributed by atoms with Crippen LogP contribution in [0.15, 0.2) is 52.9 Å². The van der Waals surface area contributed by atoms with Gasteiger partial charge < -0.3 is 14.5 Å². The van der Waals surface area contributed by atoms with Crippen LogP contribution in [0.5, 0.6) is 5.75 Å². The first-order chi connectivity index (χ1) is 9.85. The number of anilines is 2. The molecule has 0 spiro atoms. The Kier molecular flexibility index (Phi) is 3.74. The second-order valence-corrected chi connectivity index (χ2v) is 4.55. The van der Waals surface area contributed by atoms with E-state index in [2.05, 4.69) is 10.3 Å². The molecule has 2 aromatic carbocycles. The number of hydrogen-bond acceptors (Lipinski definition) is 4. The quantitative estimate of drug-likeness (QED) is 0.715. The van der Waals surface area contributed by atoms with Gasteiger partial charge in [-0.2, -0.15) is 4.98 Å². The Bertz CT molecular complexity index is 661. The molecule has 0 amide bonds. The van der Waals surface area contributed by atoms with Crippen LogP contribution in [0.3, 0.4) is 0 Å². The van der Waals surface area contributed by atoms with Crippen molar-refractivity contribution in [3.05, 3.63) is 48.5 Å². The van der Waals surface area contributed by atoms with E-state index in [-0.39, 0.29) is 0 Å². The molecule has 0 aliphatic rings. The molecule has 0 radical (unpaired) electrons. The zero-order valence-corrected chi connectivity index (χ0v) is 11.4. The molecule has 4 nitrogen and oxygen atoms in total. The summed E-state index contributed by atoms with van der Waals surface area (Å²) in [5.41, 5.74) is 2.48. The first-order valence-electron chi connectivity index (χ1n) is 6.26. The number of halogens is 1. The monoisotopic (exact) mass is 288 g/mol. The van der Waals surface area contributed by atoms with E-state index in [9.17, 15) is 0 Å². The van der Waals surface area contributed by atoms with Crippen LogP contribution in [0.1, 0.15) is 0 Å². The minimum atomic E-state index is 0.473. The molecule has 0 saturated carbocycles. The number of ether oxygens (including phenoxy) is 1. The molecule has 0 bridgehead atoms. The van der Waals surface area contributed by atoms with Crippen molar-refractivity contribution < 1.29 is 9.15 Å². The topological polar surface area (TPSA) is 47.3 Å². The number of rotatable bonds is 5.